The normalized spacial score (nSPS) is 14.4. The molecule has 14 heavy (non-hydrogen) atoms. The first-order valence-electron chi connectivity index (χ1n) is 4.17. The zero-order valence-electron chi connectivity index (χ0n) is 7.46. The van der Waals surface area contributed by atoms with Crippen LogP contribution < -0.4 is 0 Å². The Kier molecular flexibility index (Phi) is 3.96. The lowest BCUT2D eigenvalue weighted by molar-refractivity contribution is 0.0201. The van der Waals surface area contributed by atoms with Crippen LogP contribution in [0, 0.1) is 11.3 Å². The number of nitrogens with zero attached hydrogens (tertiary/aromatic N) is 1. The van der Waals surface area contributed by atoms with E-state index in [1.165, 1.54) is 0 Å². The van der Waals surface area contributed by atoms with Gasteiger partial charge in [0.05, 0.1) is 18.6 Å². The van der Waals surface area contributed by atoms with Crippen LogP contribution in [0.1, 0.15) is 18.1 Å². The maximum atomic E-state index is 9.65. The molecule has 0 aliphatic heterocycles. The Bertz CT molecular complexity index is 348. The van der Waals surface area contributed by atoms with Crippen molar-refractivity contribution in [1.29, 1.82) is 5.26 Å². The van der Waals surface area contributed by atoms with Crippen molar-refractivity contribution in [1.82, 2.24) is 0 Å². The molecular weight excluding hydrogens is 198 g/mol. The third-order valence-corrected chi connectivity index (χ3v) is 2.33. The number of nitriles is 1. The molecule has 0 amide bonds. The molecule has 0 saturated carbocycles. The summed E-state index contributed by atoms with van der Waals surface area (Å²) in [4.78, 5) is 0.608. The van der Waals surface area contributed by atoms with Crippen molar-refractivity contribution < 1.29 is 10.2 Å². The molecule has 0 fully saturated rings. The fraction of sp³-hybridized carbons (Fsp3) is 0.300. The number of rotatable bonds is 3. The van der Waals surface area contributed by atoms with Crippen LogP contribution in [0.2, 0.25) is 0 Å². The average Bonchev–Trinajstić information content (AvgIpc) is 2.18. The van der Waals surface area contributed by atoms with Gasteiger partial charge in [-0.15, -0.1) is 12.6 Å². The second-order valence-corrected chi connectivity index (χ2v) is 3.42. The second-order valence-electron chi connectivity index (χ2n) is 2.93. The minimum Gasteiger partial charge on any atom is -0.389 e. The Morgan fingerprint density at radius 1 is 1.36 bits per heavy atom. The van der Waals surface area contributed by atoms with Crippen LogP contribution in [-0.4, -0.2) is 16.3 Å². The summed E-state index contributed by atoms with van der Waals surface area (Å²) in [6.07, 6.45) is -2.21. The summed E-state index contributed by atoms with van der Waals surface area (Å²) >= 11 is 4.15. The molecule has 0 radical (unpaired) electrons. The predicted octanol–water partition coefficient (Wildman–Crippen LogP) is 1.28. The molecule has 0 aliphatic rings. The molecule has 2 N–H and O–H groups in total. The first kappa shape index (κ1) is 11.1. The molecule has 74 valence electrons. The molecule has 2 atom stereocenters. The largest absolute Gasteiger partial charge is 0.389 e. The minimum absolute atomic E-state index is 0.0940. The molecule has 0 saturated heterocycles. The van der Waals surface area contributed by atoms with Crippen LogP contribution in [-0.2, 0) is 0 Å². The van der Waals surface area contributed by atoms with Gasteiger partial charge in [0.1, 0.15) is 6.10 Å². The van der Waals surface area contributed by atoms with Gasteiger partial charge in [-0.3, -0.25) is 0 Å². The zero-order valence-corrected chi connectivity index (χ0v) is 8.35. The van der Waals surface area contributed by atoms with E-state index in [0.29, 0.717) is 10.5 Å². The molecule has 0 aliphatic carbocycles. The van der Waals surface area contributed by atoms with Crippen LogP contribution in [0.5, 0.6) is 0 Å². The molecular formula is C10H11NO2S. The quantitative estimate of drug-likeness (QED) is 0.657. The lowest BCUT2D eigenvalue weighted by atomic mass is 10.0. The molecule has 1 aromatic carbocycles. The number of aliphatic hydroxyl groups is 2. The molecule has 1 rings (SSSR count). The smallest absolute Gasteiger partial charge is 0.107 e. The topological polar surface area (TPSA) is 64.2 Å². The first-order valence-corrected chi connectivity index (χ1v) is 4.62. The number of hydrogen-bond donors (Lipinski definition) is 3. The van der Waals surface area contributed by atoms with E-state index < -0.39 is 12.2 Å². The van der Waals surface area contributed by atoms with Crippen molar-refractivity contribution in [2.24, 2.45) is 0 Å². The van der Waals surface area contributed by atoms with Gasteiger partial charge in [-0.1, -0.05) is 18.2 Å². The van der Waals surface area contributed by atoms with E-state index in [9.17, 15) is 10.2 Å². The molecule has 0 heterocycles. The predicted molar refractivity (Wildman–Crippen MR) is 54.9 cm³/mol. The summed E-state index contributed by atoms with van der Waals surface area (Å²) in [6, 6.07) is 8.73. The average molecular weight is 209 g/mol. The summed E-state index contributed by atoms with van der Waals surface area (Å²) in [5.74, 6) is 0. The zero-order chi connectivity index (χ0) is 10.6. The summed E-state index contributed by atoms with van der Waals surface area (Å²) in [7, 11) is 0. The van der Waals surface area contributed by atoms with Crippen LogP contribution in [0.15, 0.2) is 29.2 Å². The Morgan fingerprint density at radius 3 is 2.57 bits per heavy atom. The molecule has 0 bridgehead atoms. The lowest BCUT2D eigenvalue weighted by Crippen LogP contribution is -2.17. The van der Waals surface area contributed by atoms with Gasteiger partial charge < -0.3 is 10.2 Å². The van der Waals surface area contributed by atoms with Gasteiger partial charge in [-0.25, -0.2) is 0 Å². The van der Waals surface area contributed by atoms with Gasteiger partial charge in [-0.05, 0) is 11.6 Å². The van der Waals surface area contributed by atoms with Gasteiger partial charge in [-0.2, -0.15) is 5.26 Å². The number of aliphatic hydroxyl groups excluding tert-OH is 2. The standard InChI is InChI=1S/C10H11NO2S/c11-6-5-8(12)10(13)7-3-1-2-4-9(7)14/h1-4,8,10,12-14H,5H2. The van der Waals surface area contributed by atoms with Crippen LogP contribution >= 0.6 is 12.6 Å². The van der Waals surface area contributed by atoms with E-state index in [-0.39, 0.29) is 6.42 Å². The number of thiol groups is 1. The number of benzene rings is 1. The highest BCUT2D eigenvalue weighted by Crippen LogP contribution is 2.24. The van der Waals surface area contributed by atoms with E-state index in [1.807, 2.05) is 0 Å². The van der Waals surface area contributed by atoms with E-state index in [0.717, 1.165) is 0 Å². The maximum Gasteiger partial charge on any atom is 0.107 e. The van der Waals surface area contributed by atoms with E-state index >= 15 is 0 Å². The fourth-order valence-corrected chi connectivity index (χ4v) is 1.44. The van der Waals surface area contributed by atoms with Gasteiger partial charge in [0, 0.05) is 4.90 Å². The molecule has 1 aromatic rings. The van der Waals surface area contributed by atoms with Crippen molar-refractivity contribution >= 4 is 12.6 Å². The Morgan fingerprint density at radius 2 is 2.00 bits per heavy atom. The first-order chi connectivity index (χ1) is 6.66. The highest BCUT2D eigenvalue weighted by atomic mass is 32.1. The summed E-state index contributed by atoms with van der Waals surface area (Å²) in [6.45, 7) is 0. The van der Waals surface area contributed by atoms with E-state index in [1.54, 1.807) is 30.3 Å². The molecule has 2 unspecified atom stereocenters. The Labute approximate surface area is 88.0 Å². The van der Waals surface area contributed by atoms with Crippen molar-refractivity contribution in [2.45, 2.75) is 23.5 Å². The van der Waals surface area contributed by atoms with Gasteiger partial charge >= 0.3 is 0 Å². The third-order valence-electron chi connectivity index (χ3n) is 1.92. The van der Waals surface area contributed by atoms with Crippen LogP contribution in [0.4, 0.5) is 0 Å². The SMILES string of the molecule is N#CCC(O)C(O)c1ccccc1S. The number of hydrogen-bond acceptors (Lipinski definition) is 4. The van der Waals surface area contributed by atoms with Crippen LogP contribution in [0.3, 0.4) is 0 Å². The van der Waals surface area contributed by atoms with Gasteiger partial charge in [0.15, 0.2) is 0 Å². The summed E-state index contributed by atoms with van der Waals surface area (Å²) < 4.78 is 0. The Hall–Kier alpha value is -1.02. The fourth-order valence-electron chi connectivity index (χ4n) is 1.15. The maximum absolute atomic E-state index is 9.65. The molecule has 3 nitrogen and oxygen atoms in total. The monoisotopic (exact) mass is 209 g/mol. The van der Waals surface area contributed by atoms with Gasteiger partial charge in [0.25, 0.3) is 0 Å². The van der Waals surface area contributed by atoms with Crippen molar-refractivity contribution in [3.63, 3.8) is 0 Å². The highest BCUT2D eigenvalue weighted by molar-refractivity contribution is 7.80. The third kappa shape index (κ3) is 2.48. The van der Waals surface area contributed by atoms with Crippen molar-refractivity contribution in [3.8, 4) is 6.07 Å². The lowest BCUT2D eigenvalue weighted by Gasteiger charge is -2.16. The second kappa shape index (κ2) is 5.01. The van der Waals surface area contributed by atoms with E-state index in [2.05, 4.69) is 12.6 Å². The van der Waals surface area contributed by atoms with Crippen LogP contribution in [0.25, 0.3) is 0 Å². The highest BCUT2D eigenvalue weighted by Gasteiger charge is 2.19. The molecule has 0 aromatic heterocycles. The van der Waals surface area contributed by atoms with E-state index in [4.69, 9.17) is 5.26 Å². The Balaban J connectivity index is 2.84. The van der Waals surface area contributed by atoms with Crippen molar-refractivity contribution in [2.75, 3.05) is 0 Å². The van der Waals surface area contributed by atoms with Gasteiger partial charge in [0.2, 0.25) is 0 Å². The van der Waals surface area contributed by atoms with Crippen molar-refractivity contribution in [3.05, 3.63) is 29.8 Å². The molecule has 0 spiro atoms. The summed E-state index contributed by atoms with van der Waals surface area (Å²) in [5.41, 5.74) is 0.540. The summed E-state index contributed by atoms with van der Waals surface area (Å²) in [5, 5.41) is 27.4. The molecule has 4 heteroatoms. The minimum atomic E-state index is -1.06.